The van der Waals surface area contributed by atoms with E-state index in [9.17, 15) is 18.8 Å². The zero-order chi connectivity index (χ0) is 24.9. The Bertz CT molecular complexity index is 1230. The summed E-state index contributed by atoms with van der Waals surface area (Å²) in [4.78, 5) is 36.0. The number of ether oxygens (including phenoxy) is 1. The molecule has 0 aromatic heterocycles. The average molecular weight is 477 g/mol. The highest BCUT2D eigenvalue weighted by Crippen LogP contribution is 2.44. The van der Waals surface area contributed by atoms with E-state index in [0.29, 0.717) is 6.42 Å². The Morgan fingerprint density at radius 2 is 1.63 bits per heavy atom. The lowest BCUT2D eigenvalue weighted by Crippen LogP contribution is -2.38. The van der Waals surface area contributed by atoms with E-state index in [0.717, 1.165) is 34.4 Å². The third kappa shape index (κ3) is 5.48. The van der Waals surface area contributed by atoms with Gasteiger partial charge in [0.25, 0.3) is 0 Å². The summed E-state index contributed by atoms with van der Waals surface area (Å²) in [6, 6.07) is 18.6. The first-order valence-electron chi connectivity index (χ1n) is 11.3. The summed E-state index contributed by atoms with van der Waals surface area (Å²) < 4.78 is 19.2. The monoisotopic (exact) mass is 476 g/mol. The molecule has 7 nitrogen and oxygen atoms in total. The van der Waals surface area contributed by atoms with Crippen LogP contribution in [-0.4, -0.2) is 35.7 Å². The second-order valence-corrected chi connectivity index (χ2v) is 8.36. The van der Waals surface area contributed by atoms with Crippen LogP contribution in [0, 0.1) is 5.82 Å². The maximum atomic E-state index is 13.6. The van der Waals surface area contributed by atoms with Gasteiger partial charge >= 0.3 is 12.1 Å². The van der Waals surface area contributed by atoms with Crippen LogP contribution in [0.5, 0.6) is 0 Å². The topological polar surface area (TPSA) is 105 Å². The molecule has 3 aromatic rings. The highest BCUT2D eigenvalue weighted by atomic mass is 19.1. The van der Waals surface area contributed by atoms with Gasteiger partial charge in [0, 0.05) is 24.1 Å². The second-order valence-electron chi connectivity index (χ2n) is 8.36. The van der Waals surface area contributed by atoms with Crippen LogP contribution < -0.4 is 10.6 Å². The summed E-state index contributed by atoms with van der Waals surface area (Å²) >= 11 is 0. The molecule has 2 amide bonds. The third-order valence-electron chi connectivity index (χ3n) is 6.02. The molecule has 0 aliphatic heterocycles. The fourth-order valence-electron chi connectivity index (χ4n) is 4.33. The van der Waals surface area contributed by atoms with E-state index >= 15 is 0 Å². The molecule has 1 aliphatic carbocycles. The molecule has 3 aromatic carbocycles. The molecular formula is C27H25FN2O5. The van der Waals surface area contributed by atoms with Crippen LogP contribution in [0.4, 0.5) is 14.9 Å². The number of nitrogens with one attached hydrogen (secondary N) is 2. The molecule has 4 rings (SSSR count). The summed E-state index contributed by atoms with van der Waals surface area (Å²) in [5.41, 5.74) is 4.22. The molecule has 0 spiro atoms. The van der Waals surface area contributed by atoms with Crippen molar-refractivity contribution >= 4 is 23.7 Å². The van der Waals surface area contributed by atoms with Crippen molar-refractivity contribution in [3.05, 3.63) is 89.2 Å². The molecule has 8 heteroatoms. The summed E-state index contributed by atoms with van der Waals surface area (Å²) in [7, 11) is 0. The number of carboxylic acids is 1. The normalized spacial score (nSPS) is 12.9. The molecule has 0 saturated heterocycles. The first-order chi connectivity index (χ1) is 16.9. The van der Waals surface area contributed by atoms with Gasteiger partial charge in [-0.2, -0.15) is 0 Å². The third-order valence-corrected chi connectivity index (χ3v) is 6.02. The predicted molar refractivity (Wildman–Crippen MR) is 129 cm³/mol. The van der Waals surface area contributed by atoms with Gasteiger partial charge in [-0.25, -0.2) is 14.0 Å². The van der Waals surface area contributed by atoms with Crippen LogP contribution in [-0.2, 0) is 9.53 Å². The van der Waals surface area contributed by atoms with Gasteiger partial charge in [-0.05, 0) is 46.9 Å². The van der Waals surface area contributed by atoms with Crippen LogP contribution in [0.1, 0.15) is 47.2 Å². The second kappa shape index (κ2) is 10.4. The first-order valence-corrected chi connectivity index (χ1v) is 11.3. The molecule has 3 N–H and O–H groups in total. The molecule has 1 atom stereocenters. The highest BCUT2D eigenvalue weighted by Gasteiger charge is 2.29. The molecule has 35 heavy (non-hydrogen) atoms. The lowest BCUT2D eigenvalue weighted by Gasteiger charge is -2.19. The van der Waals surface area contributed by atoms with Crippen molar-refractivity contribution in [1.82, 2.24) is 5.32 Å². The summed E-state index contributed by atoms with van der Waals surface area (Å²) in [5, 5.41) is 14.2. The number of carbonyl (C=O) groups excluding carboxylic acids is 2. The van der Waals surface area contributed by atoms with E-state index in [2.05, 4.69) is 22.8 Å². The number of fused-ring (bicyclic) bond motifs is 3. The lowest BCUT2D eigenvalue weighted by molar-refractivity contribution is -0.116. The number of benzene rings is 3. The Morgan fingerprint density at radius 1 is 1.00 bits per heavy atom. The molecule has 1 aliphatic rings. The van der Waals surface area contributed by atoms with Gasteiger partial charge in [0.05, 0.1) is 5.56 Å². The first kappa shape index (κ1) is 23.9. The van der Waals surface area contributed by atoms with Crippen molar-refractivity contribution < 1.29 is 28.6 Å². The van der Waals surface area contributed by atoms with Gasteiger partial charge in [-0.3, -0.25) is 4.79 Å². The Kier molecular flexibility index (Phi) is 7.10. The predicted octanol–water partition coefficient (Wildman–Crippen LogP) is 5.17. The minimum Gasteiger partial charge on any atom is -0.478 e. The number of rotatable bonds is 8. The van der Waals surface area contributed by atoms with Crippen LogP contribution in [0.15, 0.2) is 66.7 Å². The minimum atomic E-state index is -1.30. The van der Waals surface area contributed by atoms with Gasteiger partial charge in [0.2, 0.25) is 5.91 Å². The maximum absolute atomic E-state index is 13.6. The Morgan fingerprint density at radius 3 is 2.23 bits per heavy atom. The van der Waals surface area contributed by atoms with Gasteiger partial charge in [0.15, 0.2) is 0 Å². The molecule has 0 heterocycles. The highest BCUT2D eigenvalue weighted by molar-refractivity contribution is 5.94. The number of carboxylic acid groups (broad SMARTS) is 1. The molecule has 0 saturated carbocycles. The smallest absolute Gasteiger partial charge is 0.407 e. The number of alkyl carbamates (subject to hydrolysis) is 1. The van der Waals surface area contributed by atoms with Gasteiger partial charge < -0.3 is 20.5 Å². The number of carbonyl (C=O) groups is 3. The Balaban J connectivity index is 1.34. The van der Waals surface area contributed by atoms with Crippen molar-refractivity contribution in [1.29, 1.82) is 0 Å². The molecule has 0 bridgehead atoms. The van der Waals surface area contributed by atoms with E-state index in [4.69, 9.17) is 9.84 Å². The number of anilines is 1. The van der Waals surface area contributed by atoms with Gasteiger partial charge in [-0.15, -0.1) is 0 Å². The van der Waals surface area contributed by atoms with E-state index in [1.54, 1.807) is 0 Å². The standard InChI is InChI=1S/C27H25FN2O5/c1-2-18(14-25(31)29-19-12-16(26(32)33)11-17(28)13-19)30-27(34)35-15-24-22-9-5-3-7-20(22)21-8-4-6-10-23(21)24/h3-13,18,24H,2,14-15H2,1H3,(H,29,31)(H,30,34)(H,32,33)/t18-/m0/s1. The van der Waals surface area contributed by atoms with Crippen LogP contribution in [0.25, 0.3) is 11.1 Å². The lowest BCUT2D eigenvalue weighted by atomic mass is 9.98. The van der Waals surface area contributed by atoms with Crippen LogP contribution >= 0.6 is 0 Å². The van der Waals surface area contributed by atoms with E-state index in [-0.39, 0.29) is 30.2 Å². The molecular weight excluding hydrogens is 451 g/mol. The van der Waals surface area contributed by atoms with Crippen molar-refractivity contribution in [3.8, 4) is 11.1 Å². The molecule has 180 valence electrons. The minimum absolute atomic E-state index is 0.0309. The number of hydrogen-bond acceptors (Lipinski definition) is 4. The quantitative estimate of drug-likeness (QED) is 0.416. The fourth-order valence-corrected chi connectivity index (χ4v) is 4.33. The maximum Gasteiger partial charge on any atom is 0.407 e. The molecule has 0 radical (unpaired) electrons. The molecule has 0 unspecified atom stereocenters. The largest absolute Gasteiger partial charge is 0.478 e. The summed E-state index contributed by atoms with van der Waals surface area (Å²) in [6.07, 6.45) is -0.258. The zero-order valence-corrected chi connectivity index (χ0v) is 19.1. The van der Waals surface area contributed by atoms with Crippen LogP contribution in [0.2, 0.25) is 0 Å². The Hall–Kier alpha value is -4.20. The van der Waals surface area contributed by atoms with Crippen molar-refractivity contribution in [2.24, 2.45) is 0 Å². The summed E-state index contributed by atoms with van der Waals surface area (Å²) in [5.74, 6) is -2.64. The van der Waals surface area contributed by atoms with Crippen LogP contribution in [0.3, 0.4) is 0 Å². The number of amides is 2. The summed E-state index contributed by atoms with van der Waals surface area (Å²) in [6.45, 7) is 1.97. The zero-order valence-electron chi connectivity index (χ0n) is 19.1. The van der Waals surface area contributed by atoms with Crippen molar-refractivity contribution in [3.63, 3.8) is 0 Å². The van der Waals surface area contributed by atoms with Crippen molar-refractivity contribution in [2.45, 2.75) is 31.7 Å². The number of halogens is 1. The van der Waals surface area contributed by atoms with E-state index in [1.165, 1.54) is 6.07 Å². The molecule has 0 fully saturated rings. The Labute approximate surface area is 201 Å². The van der Waals surface area contributed by atoms with Gasteiger partial charge in [0.1, 0.15) is 12.4 Å². The number of aromatic carboxylic acids is 1. The number of hydrogen-bond donors (Lipinski definition) is 3. The van der Waals surface area contributed by atoms with Crippen molar-refractivity contribution in [2.75, 3.05) is 11.9 Å². The fraction of sp³-hybridized carbons (Fsp3) is 0.222. The average Bonchev–Trinajstić information content (AvgIpc) is 3.15. The SMILES string of the molecule is CC[C@@H](CC(=O)Nc1cc(F)cc(C(=O)O)c1)NC(=O)OCC1c2ccccc2-c2ccccc21. The van der Waals surface area contributed by atoms with E-state index < -0.39 is 29.8 Å². The van der Waals surface area contributed by atoms with E-state index in [1.807, 2.05) is 43.3 Å². The van der Waals surface area contributed by atoms with Gasteiger partial charge in [-0.1, -0.05) is 55.5 Å².